The summed E-state index contributed by atoms with van der Waals surface area (Å²) in [5.41, 5.74) is 3.73. The fraction of sp³-hybridized carbons (Fsp3) is 0.826. The predicted octanol–water partition coefficient (Wildman–Crippen LogP) is 5.60. The molecule has 6 aliphatic carbocycles. The smallest absolute Gasteiger partial charge is 0.0967 e. The third-order valence-electron chi connectivity index (χ3n) is 8.85. The summed E-state index contributed by atoms with van der Waals surface area (Å²) in [7, 11) is 0. The topological polar surface area (TPSA) is 20.2 Å². The Labute approximate surface area is 148 Å². The fourth-order valence-electron chi connectivity index (χ4n) is 7.50. The molecule has 134 valence electrons. The number of fused-ring (bicyclic) bond motifs is 2. The van der Waals surface area contributed by atoms with Gasteiger partial charge in [0.1, 0.15) is 0 Å². The second kappa shape index (κ2) is 4.40. The van der Waals surface area contributed by atoms with Crippen molar-refractivity contribution >= 4 is 0 Å². The number of aliphatic hydroxyl groups excluding tert-OH is 1. The standard InChI is InChI=1S/C23H36O/c1-20(2)11-13(15-9-17(20)22(15,5)6)19(24)14-12-21(3,4)18-10-16(14)23(18,7)8/h11-12,15-19,24H,9-10H2,1-8H3/t15-,16-,17-,18-/m1/s1. The summed E-state index contributed by atoms with van der Waals surface area (Å²) in [6.07, 6.45) is 7.03. The SMILES string of the molecule is CC1(C)C=C(C(O)C2=CC(C)(C)[C@H]3C[C@H]2C3(C)C)[C@H]2C[C@H]1C2(C)C. The first-order valence-electron chi connectivity index (χ1n) is 9.93. The largest absolute Gasteiger partial charge is 0.384 e. The molecule has 0 unspecified atom stereocenters. The predicted molar refractivity (Wildman–Crippen MR) is 100 cm³/mol. The summed E-state index contributed by atoms with van der Waals surface area (Å²) < 4.78 is 0. The van der Waals surface area contributed by atoms with Crippen molar-refractivity contribution < 1.29 is 5.11 Å². The van der Waals surface area contributed by atoms with Crippen LogP contribution in [0.25, 0.3) is 0 Å². The van der Waals surface area contributed by atoms with E-state index in [1.165, 1.54) is 24.0 Å². The van der Waals surface area contributed by atoms with Crippen LogP contribution in [0, 0.1) is 45.3 Å². The van der Waals surface area contributed by atoms with Crippen LogP contribution < -0.4 is 0 Å². The summed E-state index contributed by atoms with van der Waals surface area (Å²) in [5.74, 6) is 2.64. The van der Waals surface area contributed by atoms with Crippen LogP contribution in [0.1, 0.15) is 68.2 Å². The van der Waals surface area contributed by atoms with Crippen molar-refractivity contribution in [1.82, 2.24) is 0 Å². The summed E-state index contributed by atoms with van der Waals surface area (Å²) >= 11 is 0. The van der Waals surface area contributed by atoms with Crippen LogP contribution in [-0.2, 0) is 0 Å². The molecule has 0 amide bonds. The van der Waals surface area contributed by atoms with Gasteiger partial charge in [0, 0.05) is 0 Å². The number of rotatable bonds is 2. The number of hydrogen-bond acceptors (Lipinski definition) is 1. The summed E-state index contributed by atoms with van der Waals surface area (Å²) in [4.78, 5) is 0. The van der Waals surface area contributed by atoms with Crippen molar-refractivity contribution in [2.24, 2.45) is 45.3 Å². The zero-order valence-corrected chi connectivity index (χ0v) is 16.9. The van der Waals surface area contributed by atoms with Gasteiger partial charge < -0.3 is 5.11 Å². The van der Waals surface area contributed by atoms with Crippen molar-refractivity contribution in [3.8, 4) is 0 Å². The average Bonchev–Trinajstić information content (AvgIpc) is 2.41. The van der Waals surface area contributed by atoms with Crippen molar-refractivity contribution in [2.75, 3.05) is 0 Å². The van der Waals surface area contributed by atoms with E-state index in [2.05, 4.69) is 67.5 Å². The Morgan fingerprint density at radius 1 is 0.750 bits per heavy atom. The fourth-order valence-corrected chi connectivity index (χ4v) is 7.50. The maximum absolute atomic E-state index is 11.5. The van der Waals surface area contributed by atoms with Gasteiger partial charge in [-0.05, 0) is 69.3 Å². The molecule has 24 heavy (non-hydrogen) atoms. The van der Waals surface area contributed by atoms with Gasteiger partial charge in [-0.15, -0.1) is 0 Å². The Kier molecular flexibility index (Phi) is 3.09. The molecule has 1 heteroatoms. The molecule has 0 aromatic rings. The Bertz CT molecular complexity index is 587. The maximum Gasteiger partial charge on any atom is 0.0967 e. The molecule has 1 N–H and O–H groups in total. The van der Waals surface area contributed by atoms with Crippen LogP contribution in [0.2, 0.25) is 0 Å². The molecule has 6 rings (SSSR count). The van der Waals surface area contributed by atoms with E-state index in [0.29, 0.717) is 22.7 Å². The first-order valence-corrected chi connectivity index (χ1v) is 9.93. The normalized spacial score (nSPS) is 42.6. The van der Waals surface area contributed by atoms with Crippen molar-refractivity contribution in [2.45, 2.75) is 74.3 Å². The van der Waals surface area contributed by atoms with Crippen LogP contribution in [0.3, 0.4) is 0 Å². The molecule has 0 aromatic heterocycles. The van der Waals surface area contributed by atoms with E-state index in [0.717, 1.165) is 11.8 Å². The summed E-state index contributed by atoms with van der Waals surface area (Å²) in [6.45, 7) is 19.1. The van der Waals surface area contributed by atoms with Gasteiger partial charge >= 0.3 is 0 Å². The highest BCUT2D eigenvalue weighted by atomic mass is 16.3. The molecule has 4 atom stereocenters. The minimum Gasteiger partial charge on any atom is -0.384 e. The summed E-state index contributed by atoms with van der Waals surface area (Å²) in [6, 6.07) is 0. The Balaban J connectivity index is 1.74. The van der Waals surface area contributed by atoms with Gasteiger partial charge in [0.05, 0.1) is 6.10 Å². The molecule has 0 aromatic carbocycles. The molecule has 2 saturated carbocycles. The van der Waals surface area contributed by atoms with E-state index in [4.69, 9.17) is 0 Å². The quantitative estimate of drug-likeness (QED) is 0.654. The number of hydrogen-bond donors (Lipinski definition) is 1. The maximum atomic E-state index is 11.5. The van der Waals surface area contributed by atoms with E-state index in [-0.39, 0.29) is 16.9 Å². The van der Waals surface area contributed by atoms with Gasteiger partial charge in [0.25, 0.3) is 0 Å². The molecule has 4 bridgehead atoms. The average molecular weight is 329 g/mol. The lowest BCUT2D eigenvalue weighted by molar-refractivity contribution is -0.0947. The molecule has 0 aliphatic heterocycles. The Hall–Kier alpha value is -0.560. The highest BCUT2D eigenvalue weighted by Gasteiger charge is 2.62. The van der Waals surface area contributed by atoms with Crippen LogP contribution in [0.15, 0.2) is 23.3 Å². The molecule has 0 radical (unpaired) electrons. The van der Waals surface area contributed by atoms with E-state index in [1.807, 2.05) is 0 Å². The third kappa shape index (κ3) is 1.86. The molecule has 0 saturated heterocycles. The third-order valence-corrected chi connectivity index (χ3v) is 8.85. The second-order valence-corrected chi connectivity index (χ2v) is 11.7. The lowest BCUT2D eigenvalue weighted by Crippen LogP contribution is -2.59. The zero-order chi connectivity index (χ0) is 17.9. The molecule has 0 spiro atoms. The Morgan fingerprint density at radius 2 is 1.08 bits per heavy atom. The summed E-state index contributed by atoms with van der Waals surface area (Å²) in [5, 5.41) is 11.5. The first kappa shape index (κ1) is 16.9. The van der Waals surface area contributed by atoms with Crippen LogP contribution in [0.5, 0.6) is 0 Å². The van der Waals surface area contributed by atoms with E-state index >= 15 is 0 Å². The molecule has 2 fully saturated rings. The van der Waals surface area contributed by atoms with Gasteiger partial charge in [0.15, 0.2) is 0 Å². The Morgan fingerprint density at radius 3 is 1.33 bits per heavy atom. The number of allylic oxidation sites excluding steroid dienone is 2. The van der Waals surface area contributed by atoms with E-state index in [1.54, 1.807) is 0 Å². The second-order valence-electron chi connectivity index (χ2n) is 11.7. The van der Waals surface area contributed by atoms with Crippen molar-refractivity contribution in [3.05, 3.63) is 23.3 Å². The van der Waals surface area contributed by atoms with E-state index in [9.17, 15) is 5.11 Å². The van der Waals surface area contributed by atoms with Gasteiger partial charge in [-0.2, -0.15) is 0 Å². The highest BCUT2D eigenvalue weighted by Crippen LogP contribution is 2.69. The van der Waals surface area contributed by atoms with Crippen LogP contribution >= 0.6 is 0 Å². The van der Waals surface area contributed by atoms with Crippen LogP contribution in [0.4, 0.5) is 0 Å². The van der Waals surface area contributed by atoms with Gasteiger partial charge in [-0.1, -0.05) is 67.5 Å². The zero-order valence-electron chi connectivity index (χ0n) is 16.9. The molecule has 1 nitrogen and oxygen atoms in total. The molecular formula is C23H36O. The van der Waals surface area contributed by atoms with Gasteiger partial charge in [-0.25, -0.2) is 0 Å². The first-order chi connectivity index (χ1) is 10.8. The molecule has 6 aliphatic rings. The molecular weight excluding hydrogens is 292 g/mol. The number of aliphatic hydroxyl groups is 1. The minimum atomic E-state index is -0.361. The minimum absolute atomic E-state index is 0.205. The van der Waals surface area contributed by atoms with Gasteiger partial charge in [0.2, 0.25) is 0 Å². The monoisotopic (exact) mass is 328 g/mol. The van der Waals surface area contributed by atoms with Crippen molar-refractivity contribution in [1.29, 1.82) is 0 Å². The highest BCUT2D eigenvalue weighted by molar-refractivity contribution is 5.41. The lowest BCUT2D eigenvalue weighted by atomic mass is 9.39. The molecule has 0 heterocycles. The van der Waals surface area contributed by atoms with Crippen molar-refractivity contribution in [3.63, 3.8) is 0 Å². The van der Waals surface area contributed by atoms with Gasteiger partial charge in [-0.3, -0.25) is 0 Å². The lowest BCUT2D eigenvalue weighted by Gasteiger charge is -2.66. The van der Waals surface area contributed by atoms with E-state index < -0.39 is 0 Å². The van der Waals surface area contributed by atoms with Crippen LogP contribution in [-0.4, -0.2) is 11.2 Å².